The fraction of sp³-hybridized carbons (Fsp3) is 0.871. The predicted octanol–water partition coefficient (Wildman–Crippen LogP) is 18.8. The van der Waals surface area contributed by atoms with Crippen molar-refractivity contribution in [2.75, 3.05) is 13.2 Å². The third-order valence-corrected chi connectivity index (χ3v) is 13.9. The van der Waals surface area contributed by atoms with Gasteiger partial charge in [-0.2, -0.15) is 0 Å². The van der Waals surface area contributed by atoms with E-state index in [9.17, 15) is 19.8 Å². The molecule has 2 unspecified atom stereocenters. The smallest absolute Gasteiger partial charge is 0.305 e. The van der Waals surface area contributed by atoms with Gasteiger partial charge >= 0.3 is 5.97 Å². The summed E-state index contributed by atoms with van der Waals surface area (Å²) in [5.74, 6) is -0.0848. The number of carbonyl (C=O) groups is 2. The summed E-state index contributed by atoms with van der Waals surface area (Å²) in [6.45, 7) is 4.89. The van der Waals surface area contributed by atoms with Crippen LogP contribution in [0.4, 0.5) is 0 Å². The number of unbranched alkanes of at least 4 members (excludes halogenated alkanes) is 39. The summed E-state index contributed by atoms with van der Waals surface area (Å²) in [5.41, 5.74) is 0. The molecule has 2 atom stereocenters. The van der Waals surface area contributed by atoms with Crippen LogP contribution in [0.3, 0.4) is 0 Å². The van der Waals surface area contributed by atoms with E-state index in [1.165, 1.54) is 205 Å². The van der Waals surface area contributed by atoms with Gasteiger partial charge in [0.05, 0.1) is 25.4 Å². The molecule has 0 radical (unpaired) electrons. The van der Waals surface area contributed by atoms with Gasteiger partial charge in [0.15, 0.2) is 0 Å². The van der Waals surface area contributed by atoms with Gasteiger partial charge in [-0.15, -0.1) is 0 Å². The highest BCUT2D eigenvalue weighted by molar-refractivity contribution is 5.76. The molecule has 0 heterocycles. The first-order valence-corrected chi connectivity index (χ1v) is 30.2. The maximum Gasteiger partial charge on any atom is 0.305 e. The van der Waals surface area contributed by atoms with E-state index in [1.807, 2.05) is 0 Å². The van der Waals surface area contributed by atoms with Crippen LogP contribution in [0.25, 0.3) is 0 Å². The van der Waals surface area contributed by atoms with E-state index in [0.717, 1.165) is 83.5 Å². The van der Waals surface area contributed by atoms with Crippen LogP contribution in [-0.4, -0.2) is 47.4 Å². The summed E-state index contributed by atoms with van der Waals surface area (Å²) >= 11 is 0. The number of hydrogen-bond acceptors (Lipinski definition) is 5. The quantitative estimate of drug-likeness (QED) is 0.0321. The molecule has 0 aliphatic heterocycles. The normalized spacial score (nSPS) is 12.8. The lowest BCUT2D eigenvalue weighted by Gasteiger charge is -2.22. The average molecular weight is 957 g/mol. The van der Waals surface area contributed by atoms with Crippen molar-refractivity contribution in [2.24, 2.45) is 0 Å². The molecule has 1 amide bonds. The minimum atomic E-state index is -0.682. The highest BCUT2D eigenvalue weighted by Gasteiger charge is 2.20. The zero-order chi connectivity index (χ0) is 49.3. The van der Waals surface area contributed by atoms with Crippen molar-refractivity contribution in [2.45, 2.75) is 334 Å². The molecule has 0 aromatic heterocycles. The molecular weight excluding hydrogens is 839 g/mol. The Kier molecular flexibility index (Phi) is 56.0. The maximum absolute atomic E-state index is 12.5. The molecule has 0 aromatic rings. The second-order valence-electron chi connectivity index (χ2n) is 20.7. The fourth-order valence-corrected chi connectivity index (χ4v) is 9.25. The molecule has 0 saturated heterocycles. The Bertz CT molecular complexity index is 1100. The van der Waals surface area contributed by atoms with Crippen LogP contribution in [0.1, 0.15) is 322 Å². The minimum absolute atomic E-state index is 0.0260. The lowest BCUT2D eigenvalue weighted by atomic mass is 10.0. The molecule has 0 aliphatic carbocycles. The first kappa shape index (κ1) is 66.1. The van der Waals surface area contributed by atoms with Crippen molar-refractivity contribution < 1.29 is 24.5 Å². The Morgan fingerprint density at radius 2 is 0.735 bits per heavy atom. The number of ether oxygens (including phenoxy) is 1. The molecule has 0 spiro atoms. The molecule has 0 aliphatic rings. The van der Waals surface area contributed by atoms with Gasteiger partial charge in [0.2, 0.25) is 5.91 Å². The second kappa shape index (κ2) is 57.7. The van der Waals surface area contributed by atoms with Crippen LogP contribution in [-0.2, 0) is 14.3 Å². The van der Waals surface area contributed by atoms with E-state index < -0.39 is 12.1 Å². The first-order valence-electron chi connectivity index (χ1n) is 30.2. The molecular formula is C62H117NO5. The Morgan fingerprint density at radius 1 is 0.412 bits per heavy atom. The number of aliphatic hydroxyl groups excluding tert-OH is 2. The summed E-state index contributed by atoms with van der Waals surface area (Å²) < 4.78 is 5.47. The number of esters is 1. The third-order valence-electron chi connectivity index (χ3n) is 13.9. The molecule has 6 nitrogen and oxygen atoms in total. The number of carbonyl (C=O) groups excluding carboxylic acids is 2. The number of rotatable bonds is 56. The Labute approximate surface area is 424 Å². The first-order chi connectivity index (χ1) is 33.5. The molecule has 3 N–H and O–H groups in total. The third kappa shape index (κ3) is 53.4. The van der Waals surface area contributed by atoms with Crippen molar-refractivity contribution in [3.05, 3.63) is 36.5 Å². The van der Waals surface area contributed by atoms with Gasteiger partial charge in [0, 0.05) is 12.8 Å². The van der Waals surface area contributed by atoms with E-state index in [1.54, 1.807) is 0 Å². The Balaban J connectivity index is 3.49. The molecule has 6 heteroatoms. The molecule has 0 saturated carbocycles. The molecule has 400 valence electrons. The van der Waals surface area contributed by atoms with Gasteiger partial charge in [0.25, 0.3) is 0 Å². The summed E-state index contributed by atoms with van der Waals surface area (Å²) in [4.78, 5) is 24.6. The van der Waals surface area contributed by atoms with Crippen molar-refractivity contribution in [1.29, 1.82) is 0 Å². The highest BCUT2D eigenvalue weighted by Crippen LogP contribution is 2.17. The highest BCUT2D eigenvalue weighted by atomic mass is 16.5. The van der Waals surface area contributed by atoms with Gasteiger partial charge in [-0.3, -0.25) is 9.59 Å². The summed E-state index contributed by atoms with van der Waals surface area (Å²) in [6.07, 6.45) is 71.4. The largest absolute Gasteiger partial charge is 0.466 e. The summed E-state index contributed by atoms with van der Waals surface area (Å²) in [6, 6.07) is -0.562. The van der Waals surface area contributed by atoms with Gasteiger partial charge in [-0.25, -0.2) is 0 Å². The van der Waals surface area contributed by atoms with E-state index in [4.69, 9.17) is 4.74 Å². The number of amides is 1. The number of nitrogens with one attached hydrogen (secondary N) is 1. The van der Waals surface area contributed by atoms with Crippen molar-refractivity contribution >= 4 is 11.9 Å². The average Bonchev–Trinajstić information content (AvgIpc) is 3.34. The van der Waals surface area contributed by atoms with Crippen molar-refractivity contribution in [3.8, 4) is 0 Å². The second-order valence-corrected chi connectivity index (χ2v) is 20.7. The van der Waals surface area contributed by atoms with Gasteiger partial charge < -0.3 is 20.3 Å². The lowest BCUT2D eigenvalue weighted by Crippen LogP contribution is -2.45. The van der Waals surface area contributed by atoms with Gasteiger partial charge in [-0.05, 0) is 89.9 Å². The van der Waals surface area contributed by atoms with Crippen LogP contribution in [0, 0.1) is 0 Å². The molecule has 0 bridgehead atoms. The van der Waals surface area contributed by atoms with Gasteiger partial charge in [0.1, 0.15) is 0 Å². The zero-order valence-electron chi connectivity index (χ0n) is 45.6. The monoisotopic (exact) mass is 956 g/mol. The lowest BCUT2D eigenvalue weighted by molar-refractivity contribution is -0.143. The standard InChI is InChI=1S/C62H117NO5/c1-3-5-7-9-11-13-15-17-19-21-23-25-26-28-30-34-38-42-46-50-54-60(65)59(58-64)63-61(66)55-51-47-43-39-35-32-33-37-41-45-49-53-57-68-62(67)56-52-48-44-40-36-31-29-27-24-22-20-18-16-14-12-10-8-6-4-2/h12,14,18,20,33,37,59-60,64-65H,3-11,13,15-17,19,21-32,34-36,38-58H2,1-2H3,(H,63,66)/b14-12-,20-18-,37-33-. The van der Waals surface area contributed by atoms with E-state index >= 15 is 0 Å². The van der Waals surface area contributed by atoms with E-state index in [2.05, 4.69) is 55.6 Å². The Hall–Kier alpha value is -1.92. The van der Waals surface area contributed by atoms with E-state index in [-0.39, 0.29) is 18.5 Å². The Morgan fingerprint density at radius 3 is 1.16 bits per heavy atom. The van der Waals surface area contributed by atoms with Crippen LogP contribution in [0.5, 0.6) is 0 Å². The van der Waals surface area contributed by atoms with Crippen LogP contribution in [0.2, 0.25) is 0 Å². The number of allylic oxidation sites excluding steroid dienone is 6. The van der Waals surface area contributed by atoms with E-state index in [0.29, 0.717) is 25.9 Å². The number of hydrogen-bond donors (Lipinski definition) is 3. The van der Waals surface area contributed by atoms with Gasteiger partial charge in [-0.1, -0.05) is 256 Å². The topological polar surface area (TPSA) is 95.9 Å². The fourth-order valence-electron chi connectivity index (χ4n) is 9.25. The maximum atomic E-state index is 12.5. The zero-order valence-corrected chi connectivity index (χ0v) is 45.6. The number of aliphatic hydroxyl groups is 2. The minimum Gasteiger partial charge on any atom is -0.466 e. The summed E-state index contributed by atoms with van der Waals surface area (Å²) in [7, 11) is 0. The van der Waals surface area contributed by atoms with Crippen molar-refractivity contribution in [1.82, 2.24) is 5.32 Å². The SMILES string of the molecule is CCCCC/C=C\C/C=C\CCCCCCCCCCCC(=O)OCCCCC/C=C\CCCCCCCC(=O)NC(CO)C(O)CCCCCCCCCCCCCCCCCCCCCC. The van der Waals surface area contributed by atoms with Crippen LogP contribution < -0.4 is 5.32 Å². The molecule has 0 fully saturated rings. The van der Waals surface area contributed by atoms with Crippen molar-refractivity contribution in [3.63, 3.8) is 0 Å². The van der Waals surface area contributed by atoms with Crippen LogP contribution >= 0.6 is 0 Å². The molecule has 68 heavy (non-hydrogen) atoms. The summed E-state index contributed by atoms with van der Waals surface area (Å²) in [5, 5.41) is 23.3. The molecule has 0 aromatic carbocycles. The van der Waals surface area contributed by atoms with Crippen LogP contribution in [0.15, 0.2) is 36.5 Å². The predicted molar refractivity (Wildman–Crippen MR) is 296 cm³/mol. The molecule has 0 rings (SSSR count).